The predicted molar refractivity (Wildman–Crippen MR) is 101 cm³/mol. The molecule has 1 unspecified atom stereocenters. The van der Waals surface area contributed by atoms with Gasteiger partial charge in [-0.15, -0.1) is 11.6 Å². The first-order valence-electron chi connectivity index (χ1n) is 8.84. The summed E-state index contributed by atoms with van der Waals surface area (Å²) in [6.07, 6.45) is 9.76. The number of ketones is 1. The molecule has 0 fully saturated rings. The van der Waals surface area contributed by atoms with Gasteiger partial charge in [-0.05, 0) is 30.7 Å². The summed E-state index contributed by atoms with van der Waals surface area (Å²) in [5.74, 6) is -0.961. The van der Waals surface area contributed by atoms with Crippen molar-refractivity contribution in [2.45, 2.75) is 44.4 Å². The van der Waals surface area contributed by atoms with Gasteiger partial charge in [0.05, 0.1) is 10.9 Å². The minimum Gasteiger partial charge on any atom is -0.460 e. The molecule has 2 heterocycles. The molecule has 2 aromatic heterocycles. The number of carbonyl (C=O) groups is 2. The number of hydrogen-bond donors (Lipinski definition) is 0. The van der Waals surface area contributed by atoms with Gasteiger partial charge >= 0.3 is 5.97 Å². The zero-order chi connectivity index (χ0) is 18.8. The van der Waals surface area contributed by atoms with Crippen LogP contribution in [0, 0.1) is 0 Å². The Balaban J connectivity index is 1.98. The number of pyridine rings is 2. The number of rotatable bonds is 10. The Bertz CT molecular complexity index is 722. The molecule has 5 nitrogen and oxygen atoms in total. The summed E-state index contributed by atoms with van der Waals surface area (Å²) in [5, 5.41) is -0.232. The number of aromatic nitrogens is 2. The maximum absolute atomic E-state index is 12.6. The lowest BCUT2D eigenvalue weighted by atomic mass is 10.1. The maximum atomic E-state index is 12.6. The van der Waals surface area contributed by atoms with E-state index in [0.717, 1.165) is 25.7 Å². The first kappa shape index (κ1) is 20.0. The van der Waals surface area contributed by atoms with Crippen molar-refractivity contribution in [2.24, 2.45) is 0 Å². The minimum absolute atomic E-state index is 0.0552. The lowest BCUT2D eigenvalue weighted by molar-refractivity contribution is 0.0498. The smallest absolute Gasteiger partial charge is 0.340 e. The summed E-state index contributed by atoms with van der Waals surface area (Å²) in [7, 11) is 0. The van der Waals surface area contributed by atoms with Gasteiger partial charge in [0.2, 0.25) is 5.78 Å². The Morgan fingerprint density at radius 2 is 1.96 bits per heavy atom. The average Bonchev–Trinajstić information content (AvgIpc) is 2.69. The van der Waals surface area contributed by atoms with Gasteiger partial charge in [-0.2, -0.15) is 0 Å². The van der Waals surface area contributed by atoms with Crippen molar-refractivity contribution < 1.29 is 14.3 Å². The van der Waals surface area contributed by atoms with Gasteiger partial charge in [-0.3, -0.25) is 14.8 Å². The molecular formula is C20H23ClN2O3. The predicted octanol–water partition coefficient (Wildman–Crippen LogP) is 4.44. The standard InChI is InChI=1S/C20H23ClN2O3/c1-2-3-4-5-9-16(21)14-26-20(25)17-10-7-12-23-18(17)19(24)15-8-6-11-22-13-15/h6-8,10-13,16H,2-5,9,14H2,1H3. The molecule has 26 heavy (non-hydrogen) atoms. The number of halogens is 1. The Labute approximate surface area is 158 Å². The highest BCUT2D eigenvalue weighted by Gasteiger charge is 2.21. The van der Waals surface area contributed by atoms with E-state index >= 15 is 0 Å². The third-order valence-corrected chi connectivity index (χ3v) is 4.28. The van der Waals surface area contributed by atoms with Crippen LogP contribution in [0.2, 0.25) is 0 Å². The van der Waals surface area contributed by atoms with E-state index in [9.17, 15) is 9.59 Å². The minimum atomic E-state index is -0.593. The van der Waals surface area contributed by atoms with E-state index in [2.05, 4.69) is 16.9 Å². The summed E-state index contributed by atoms with van der Waals surface area (Å²) < 4.78 is 5.29. The van der Waals surface area contributed by atoms with Crippen molar-refractivity contribution in [2.75, 3.05) is 6.61 Å². The van der Waals surface area contributed by atoms with Crippen molar-refractivity contribution >= 4 is 23.4 Å². The Morgan fingerprint density at radius 1 is 1.15 bits per heavy atom. The van der Waals surface area contributed by atoms with Crippen molar-refractivity contribution in [3.8, 4) is 0 Å². The fourth-order valence-electron chi connectivity index (χ4n) is 2.50. The zero-order valence-corrected chi connectivity index (χ0v) is 15.6. The molecule has 0 aliphatic heterocycles. The Kier molecular flexibility index (Phi) is 8.22. The first-order valence-corrected chi connectivity index (χ1v) is 9.28. The van der Waals surface area contributed by atoms with Gasteiger partial charge in [0.1, 0.15) is 12.3 Å². The summed E-state index contributed by atoms with van der Waals surface area (Å²) in [6.45, 7) is 2.26. The van der Waals surface area contributed by atoms with Crippen LogP contribution >= 0.6 is 11.6 Å². The van der Waals surface area contributed by atoms with Gasteiger partial charge in [0.15, 0.2) is 0 Å². The van der Waals surface area contributed by atoms with Crippen LogP contribution in [0.1, 0.15) is 65.4 Å². The lowest BCUT2D eigenvalue weighted by Gasteiger charge is -2.11. The Morgan fingerprint density at radius 3 is 2.69 bits per heavy atom. The third-order valence-electron chi connectivity index (χ3n) is 3.93. The van der Waals surface area contributed by atoms with Crippen LogP contribution in [0.25, 0.3) is 0 Å². The highest BCUT2D eigenvalue weighted by molar-refractivity contribution is 6.20. The molecule has 0 aromatic carbocycles. The molecular weight excluding hydrogens is 352 g/mol. The van der Waals surface area contributed by atoms with Crippen LogP contribution in [-0.4, -0.2) is 33.7 Å². The van der Waals surface area contributed by atoms with E-state index in [1.54, 1.807) is 24.4 Å². The van der Waals surface area contributed by atoms with E-state index in [1.807, 2.05) is 0 Å². The van der Waals surface area contributed by atoms with E-state index in [0.29, 0.717) is 5.56 Å². The largest absolute Gasteiger partial charge is 0.460 e. The highest BCUT2D eigenvalue weighted by atomic mass is 35.5. The number of carbonyl (C=O) groups excluding carboxylic acids is 2. The fourth-order valence-corrected chi connectivity index (χ4v) is 2.72. The molecule has 0 aliphatic rings. The lowest BCUT2D eigenvalue weighted by Crippen LogP contribution is -2.18. The number of nitrogens with zero attached hydrogens (tertiary/aromatic N) is 2. The van der Waals surface area contributed by atoms with E-state index in [4.69, 9.17) is 16.3 Å². The molecule has 0 saturated heterocycles. The van der Waals surface area contributed by atoms with Gasteiger partial charge in [-0.25, -0.2) is 4.79 Å². The monoisotopic (exact) mass is 374 g/mol. The van der Waals surface area contributed by atoms with Gasteiger partial charge in [0.25, 0.3) is 0 Å². The maximum Gasteiger partial charge on any atom is 0.340 e. The molecule has 2 rings (SSSR count). The van der Waals surface area contributed by atoms with Crippen molar-refractivity contribution in [3.05, 3.63) is 59.7 Å². The molecule has 0 spiro atoms. The van der Waals surface area contributed by atoms with Crippen LogP contribution in [0.5, 0.6) is 0 Å². The summed E-state index contributed by atoms with van der Waals surface area (Å²) in [4.78, 5) is 33.0. The number of hydrogen-bond acceptors (Lipinski definition) is 5. The number of unbranched alkanes of at least 4 members (excludes halogenated alkanes) is 3. The second kappa shape index (κ2) is 10.7. The van der Waals surface area contributed by atoms with Gasteiger partial charge in [0, 0.05) is 24.2 Å². The molecule has 1 atom stereocenters. The molecule has 0 radical (unpaired) electrons. The topological polar surface area (TPSA) is 69.2 Å². The van der Waals surface area contributed by atoms with Crippen LogP contribution in [0.4, 0.5) is 0 Å². The molecule has 138 valence electrons. The SMILES string of the molecule is CCCCCCC(Cl)COC(=O)c1cccnc1C(=O)c1cccnc1. The second-order valence-corrected chi connectivity index (χ2v) is 6.63. The van der Waals surface area contributed by atoms with Crippen LogP contribution in [0.15, 0.2) is 42.9 Å². The van der Waals surface area contributed by atoms with Crippen LogP contribution < -0.4 is 0 Å². The van der Waals surface area contributed by atoms with E-state index in [-0.39, 0.29) is 29.0 Å². The molecule has 6 heteroatoms. The number of esters is 1. The number of ether oxygens (including phenoxy) is 1. The molecule has 2 aromatic rings. The Hall–Kier alpha value is -2.27. The molecule has 0 amide bonds. The summed E-state index contributed by atoms with van der Waals surface area (Å²) >= 11 is 6.22. The fraction of sp³-hybridized carbons (Fsp3) is 0.400. The second-order valence-electron chi connectivity index (χ2n) is 6.02. The zero-order valence-electron chi connectivity index (χ0n) is 14.9. The quantitative estimate of drug-likeness (QED) is 0.266. The summed E-state index contributed by atoms with van der Waals surface area (Å²) in [6, 6.07) is 6.41. The molecule has 0 saturated carbocycles. The normalized spacial score (nSPS) is 11.8. The van der Waals surface area contributed by atoms with Crippen molar-refractivity contribution in [3.63, 3.8) is 0 Å². The van der Waals surface area contributed by atoms with E-state index in [1.165, 1.54) is 24.9 Å². The highest BCUT2D eigenvalue weighted by Crippen LogP contribution is 2.15. The molecule has 0 N–H and O–H groups in total. The first-order chi connectivity index (χ1) is 12.6. The summed E-state index contributed by atoms with van der Waals surface area (Å²) in [5.41, 5.74) is 0.558. The van der Waals surface area contributed by atoms with Crippen LogP contribution in [-0.2, 0) is 4.74 Å². The van der Waals surface area contributed by atoms with Gasteiger partial charge < -0.3 is 4.74 Å². The van der Waals surface area contributed by atoms with Crippen LogP contribution in [0.3, 0.4) is 0 Å². The van der Waals surface area contributed by atoms with E-state index < -0.39 is 5.97 Å². The van der Waals surface area contributed by atoms with Crippen molar-refractivity contribution in [1.29, 1.82) is 0 Å². The van der Waals surface area contributed by atoms with Crippen molar-refractivity contribution in [1.82, 2.24) is 9.97 Å². The molecule has 0 aliphatic carbocycles. The third kappa shape index (κ3) is 5.92. The number of alkyl halides is 1. The average molecular weight is 375 g/mol. The molecule has 0 bridgehead atoms. The van der Waals surface area contributed by atoms with Gasteiger partial charge in [-0.1, -0.05) is 32.6 Å².